The van der Waals surface area contributed by atoms with Gasteiger partial charge in [0.1, 0.15) is 5.75 Å². The van der Waals surface area contributed by atoms with Crippen LogP contribution in [0.4, 0.5) is 5.69 Å². The third kappa shape index (κ3) is 4.07. The van der Waals surface area contributed by atoms with Crippen molar-refractivity contribution in [1.29, 1.82) is 0 Å². The van der Waals surface area contributed by atoms with E-state index in [9.17, 15) is 4.79 Å². The molecule has 2 aliphatic rings. The fourth-order valence-corrected chi connectivity index (χ4v) is 4.64. The number of aryl methyl sites for hydroxylation is 1. The third-order valence-corrected chi connectivity index (χ3v) is 6.15. The lowest BCUT2D eigenvalue weighted by atomic mass is 9.97. The number of likely N-dealkylation sites (tertiary alicyclic amines) is 1. The molecule has 0 unspecified atom stereocenters. The highest BCUT2D eigenvalue weighted by Crippen LogP contribution is 2.33. The van der Waals surface area contributed by atoms with Crippen molar-refractivity contribution in [2.45, 2.75) is 38.0 Å². The first-order valence-corrected chi connectivity index (χ1v) is 10.5. The van der Waals surface area contributed by atoms with Crippen molar-refractivity contribution in [3.63, 3.8) is 0 Å². The summed E-state index contributed by atoms with van der Waals surface area (Å²) in [5.41, 5.74) is 3.76. The number of fused-ring (bicyclic) bond motifs is 1. The van der Waals surface area contributed by atoms with E-state index < -0.39 is 0 Å². The van der Waals surface area contributed by atoms with Gasteiger partial charge in [0.15, 0.2) is 0 Å². The second-order valence-corrected chi connectivity index (χ2v) is 7.91. The summed E-state index contributed by atoms with van der Waals surface area (Å²) in [5.74, 6) is 1.85. The molecule has 1 atom stereocenters. The molecule has 2 aromatic carbocycles. The zero-order valence-electron chi connectivity index (χ0n) is 16.8. The number of hydrogen-bond donors (Lipinski definition) is 0. The van der Waals surface area contributed by atoms with Gasteiger partial charge in [0, 0.05) is 31.1 Å². The summed E-state index contributed by atoms with van der Waals surface area (Å²) in [7, 11) is 1.76. The first-order chi connectivity index (χ1) is 13.8. The molecule has 1 fully saturated rings. The predicted octanol–water partition coefficient (Wildman–Crippen LogP) is 4.24. The number of rotatable bonds is 7. The lowest BCUT2D eigenvalue weighted by Gasteiger charge is -2.29. The number of anilines is 1. The molecular formula is C24H30N2O2. The maximum absolute atomic E-state index is 12.4. The summed E-state index contributed by atoms with van der Waals surface area (Å²) in [6.45, 7) is 4.19. The van der Waals surface area contributed by atoms with E-state index in [-0.39, 0.29) is 5.91 Å². The van der Waals surface area contributed by atoms with Gasteiger partial charge in [-0.3, -0.25) is 4.79 Å². The molecule has 1 saturated heterocycles. The van der Waals surface area contributed by atoms with Crippen LogP contribution in [0.2, 0.25) is 0 Å². The molecule has 2 aromatic rings. The topological polar surface area (TPSA) is 32.8 Å². The minimum Gasteiger partial charge on any atom is -0.496 e. The Kier molecular flexibility index (Phi) is 5.96. The van der Waals surface area contributed by atoms with Crippen molar-refractivity contribution in [2.75, 3.05) is 38.2 Å². The van der Waals surface area contributed by atoms with Crippen molar-refractivity contribution in [1.82, 2.24) is 4.90 Å². The van der Waals surface area contributed by atoms with Gasteiger partial charge in [-0.1, -0.05) is 36.4 Å². The summed E-state index contributed by atoms with van der Waals surface area (Å²) in [6.07, 6.45) is 4.90. The first-order valence-electron chi connectivity index (χ1n) is 10.5. The van der Waals surface area contributed by atoms with Gasteiger partial charge in [-0.15, -0.1) is 0 Å². The molecule has 28 heavy (non-hydrogen) atoms. The minimum absolute atomic E-state index is 0.274. The number of nitrogens with zero attached hydrogens (tertiary/aromatic N) is 2. The van der Waals surface area contributed by atoms with Crippen molar-refractivity contribution >= 4 is 11.6 Å². The van der Waals surface area contributed by atoms with Crippen LogP contribution in [0.15, 0.2) is 48.5 Å². The number of para-hydroxylation sites is 2. The molecule has 0 spiro atoms. The molecule has 2 aliphatic heterocycles. The zero-order chi connectivity index (χ0) is 19.3. The average molecular weight is 379 g/mol. The molecule has 4 nitrogen and oxygen atoms in total. The van der Waals surface area contributed by atoms with E-state index in [0.29, 0.717) is 12.3 Å². The Morgan fingerprint density at radius 1 is 1.00 bits per heavy atom. The molecule has 0 aliphatic carbocycles. The molecule has 2 heterocycles. The second kappa shape index (κ2) is 8.78. The standard InChI is InChI=1S/C24H30N2O2/c1-28-23-11-5-3-9-21(23)20-14-17-25(18-20)15-6-7-16-26-22-10-4-2-8-19(22)12-13-24(26)27/h2-5,8-11,20H,6-7,12-18H2,1H3/t20-/m0/s1. The molecule has 0 radical (unpaired) electrons. The highest BCUT2D eigenvalue weighted by Gasteiger charge is 2.26. The molecule has 0 N–H and O–H groups in total. The Morgan fingerprint density at radius 2 is 1.79 bits per heavy atom. The van der Waals surface area contributed by atoms with Crippen LogP contribution in [0, 0.1) is 0 Å². The van der Waals surface area contributed by atoms with E-state index in [1.165, 1.54) is 17.5 Å². The number of ether oxygens (including phenoxy) is 1. The lowest BCUT2D eigenvalue weighted by Crippen LogP contribution is -2.36. The third-order valence-electron chi connectivity index (χ3n) is 6.15. The maximum atomic E-state index is 12.4. The number of carbonyl (C=O) groups is 1. The highest BCUT2D eigenvalue weighted by molar-refractivity contribution is 5.96. The van der Waals surface area contributed by atoms with Crippen molar-refractivity contribution in [3.05, 3.63) is 59.7 Å². The number of carbonyl (C=O) groups excluding carboxylic acids is 1. The molecule has 0 bridgehead atoms. The summed E-state index contributed by atoms with van der Waals surface area (Å²) >= 11 is 0. The molecule has 1 amide bonds. The second-order valence-electron chi connectivity index (χ2n) is 7.91. The number of unbranched alkanes of at least 4 members (excludes halogenated alkanes) is 1. The summed E-state index contributed by atoms with van der Waals surface area (Å²) in [6, 6.07) is 16.7. The van der Waals surface area contributed by atoms with Crippen LogP contribution in [-0.2, 0) is 11.2 Å². The lowest BCUT2D eigenvalue weighted by molar-refractivity contribution is -0.118. The fraction of sp³-hybridized carbons (Fsp3) is 0.458. The van der Waals surface area contributed by atoms with Crippen molar-refractivity contribution < 1.29 is 9.53 Å². The van der Waals surface area contributed by atoms with Crippen LogP contribution < -0.4 is 9.64 Å². The summed E-state index contributed by atoms with van der Waals surface area (Å²) in [5, 5.41) is 0. The van der Waals surface area contributed by atoms with Gasteiger partial charge >= 0.3 is 0 Å². The highest BCUT2D eigenvalue weighted by atomic mass is 16.5. The van der Waals surface area contributed by atoms with Gasteiger partial charge < -0.3 is 14.5 Å². The van der Waals surface area contributed by atoms with E-state index in [0.717, 1.165) is 56.9 Å². The number of amides is 1. The number of benzene rings is 2. The van der Waals surface area contributed by atoms with Crippen LogP contribution in [0.5, 0.6) is 5.75 Å². The van der Waals surface area contributed by atoms with Crippen LogP contribution in [0.25, 0.3) is 0 Å². The largest absolute Gasteiger partial charge is 0.496 e. The molecule has 0 saturated carbocycles. The monoisotopic (exact) mass is 378 g/mol. The van der Waals surface area contributed by atoms with Gasteiger partial charge in [0.25, 0.3) is 0 Å². The average Bonchev–Trinajstić information content (AvgIpc) is 3.21. The van der Waals surface area contributed by atoms with Gasteiger partial charge in [-0.2, -0.15) is 0 Å². The Labute approximate surface area is 168 Å². The summed E-state index contributed by atoms with van der Waals surface area (Å²) in [4.78, 5) is 16.9. The van der Waals surface area contributed by atoms with Gasteiger partial charge in [0.05, 0.1) is 7.11 Å². The Hall–Kier alpha value is -2.33. The predicted molar refractivity (Wildman–Crippen MR) is 113 cm³/mol. The quantitative estimate of drug-likeness (QED) is 0.676. The number of methoxy groups -OCH3 is 1. The molecule has 0 aromatic heterocycles. The van der Waals surface area contributed by atoms with Crippen LogP contribution in [-0.4, -0.2) is 44.1 Å². The van der Waals surface area contributed by atoms with Gasteiger partial charge in [-0.05, 0) is 62.0 Å². The first kappa shape index (κ1) is 19.0. The van der Waals surface area contributed by atoms with E-state index in [2.05, 4.69) is 41.3 Å². The van der Waals surface area contributed by atoms with Crippen LogP contribution in [0.3, 0.4) is 0 Å². The van der Waals surface area contributed by atoms with E-state index in [1.807, 2.05) is 17.0 Å². The van der Waals surface area contributed by atoms with Crippen LogP contribution in [0.1, 0.15) is 42.7 Å². The Balaban J connectivity index is 1.26. The van der Waals surface area contributed by atoms with Gasteiger partial charge in [0.2, 0.25) is 5.91 Å². The normalized spacial score (nSPS) is 19.7. The van der Waals surface area contributed by atoms with Gasteiger partial charge in [-0.25, -0.2) is 0 Å². The van der Waals surface area contributed by atoms with E-state index in [1.54, 1.807) is 7.11 Å². The van der Waals surface area contributed by atoms with Crippen LogP contribution >= 0.6 is 0 Å². The van der Waals surface area contributed by atoms with Crippen molar-refractivity contribution in [2.24, 2.45) is 0 Å². The fourth-order valence-electron chi connectivity index (χ4n) is 4.64. The number of hydrogen-bond acceptors (Lipinski definition) is 3. The molecular weight excluding hydrogens is 348 g/mol. The maximum Gasteiger partial charge on any atom is 0.227 e. The Bertz CT molecular complexity index is 820. The molecule has 148 valence electrons. The zero-order valence-corrected chi connectivity index (χ0v) is 16.8. The van der Waals surface area contributed by atoms with E-state index >= 15 is 0 Å². The smallest absolute Gasteiger partial charge is 0.227 e. The minimum atomic E-state index is 0.274. The van der Waals surface area contributed by atoms with Crippen molar-refractivity contribution in [3.8, 4) is 5.75 Å². The van der Waals surface area contributed by atoms with E-state index in [4.69, 9.17) is 4.74 Å². The summed E-state index contributed by atoms with van der Waals surface area (Å²) < 4.78 is 5.54. The Morgan fingerprint density at radius 3 is 2.68 bits per heavy atom. The molecule has 4 rings (SSSR count). The SMILES string of the molecule is COc1ccccc1[C@H]1CCN(CCCCN2C(=O)CCc3ccccc32)C1. The molecule has 4 heteroatoms.